The minimum atomic E-state index is -0.623. The zero-order chi connectivity index (χ0) is 22.7. The van der Waals surface area contributed by atoms with Crippen LogP contribution in [0.25, 0.3) is 0 Å². The van der Waals surface area contributed by atoms with Crippen LogP contribution in [-0.2, 0) is 9.59 Å². The second-order valence-corrected chi connectivity index (χ2v) is 8.95. The topological polar surface area (TPSA) is 71.0 Å². The van der Waals surface area contributed by atoms with Crippen molar-refractivity contribution in [3.8, 4) is 5.75 Å². The number of benzene rings is 2. The molecular weight excluding hydrogens is 402 g/mol. The van der Waals surface area contributed by atoms with Crippen LogP contribution in [0.3, 0.4) is 0 Å². The van der Waals surface area contributed by atoms with Gasteiger partial charge >= 0.3 is 0 Å². The fourth-order valence-electron chi connectivity index (χ4n) is 4.61. The summed E-state index contributed by atoms with van der Waals surface area (Å²) in [7, 11) is 1.61. The van der Waals surface area contributed by atoms with Gasteiger partial charge in [0, 0.05) is 11.3 Å². The van der Waals surface area contributed by atoms with Crippen molar-refractivity contribution in [3.05, 3.63) is 59.7 Å². The molecule has 6 nitrogen and oxygen atoms in total. The van der Waals surface area contributed by atoms with Crippen molar-refractivity contribution < 1.29 is 14.3 Å². The molecule has 1 N–H and O–H groups in total. The molecule has 0 saturated heterocycles. The molecule has 2 aliphatic rings. The molecule has 2 aromatic rings. The number of carbonyl (C=O) groups is 2. The molecule has 1 saturated carbocycles. The average Bonchev–Trinajstić information content (AvgIpc) is 3.05. The molecule has 4 rings (SSSR count). The maximum Gasteiger partial charge on any atom is 0.275 e. The highest BCUT2D eigenvalue weighted by atomic mass is 16.5. The SMILES string of the molecule is COc1ccc(C2=NC3(CCCCC3)N(CC(=O)Nc3cccc(C(C)C)c3)C2=O)cc1. The maximum absolute atomic E-state index is 13.4. The van der Waals surface area contributed by atoms with Crippen LogP contribution in [0.15, 0.2) is 53.5 Å². The van der Waals surface area contributed by atoms with Gasteiger partial charge in [-0.1, -0.05) is 32.4 Å². The number of aliphatic imine (C=N–C) groups is 1. The van der Waals surface area contributed by atoms with Gasteiger partial charge in [0.2, 0.25) is 5.91 Å². The smallest absolute Gasteiger partial charge is 0.275 e. The lowest BCUT2D eigenvalue weighted by Gasteiger charge is -2.38. The van der Waals surface area contributed by atoms with E-state index in [-0.39, 0.29) is 18.4 Å². The normalized spacial score (nSPS) is 17.6. The number of carbonyl (C=O) groups excluding carboxylic acids is 2. The fourth-order valence-corrected chi connectivity index (χ4v) is 4.61. The number of methoxy groups -OCH3 is 1. The van der Waals surface area contributed by atoms with E-state index in [1.165, 1.54) is 0 Å². The van der Waals surface area contributed by atoms with E-state index in [0.29, 0.717) is 11.6 Å². The van der Waals surface area contributed by atoms with Crippen LogP contribution >= 0.6 is 0 Å². The number of hydrogen-bond donors (Lipinski definition) is 1. The predicted molar refractivity (Wildman–Crippen MR) is 126 cm³/mol. The molecule has 0 atom stereocenters. The van der Waals surface area contributed by atoms with Gasteiger partial charge in [0.1, 0.15) is 23.7 Å². The Kier molecular flexibility index (Phi) is 6.31. The van der Waals surface area contributed by atoms with Gasteiger partial charge in [-0.2, -0.15) is 0 Å². The first-order valence-electron chi connectivity index (χ1n) is 11.4. The molecule has 6 heteroatoms. The third-order valence-corrected chi connectivity index (χ3v) is 6.43. The second-order valence-electron chi connectivity index (χ2n) is 8.95. The van der Waals surface area contributed by atoms with Gasteiger partial charge in [0.25, 0.3) is 5.91 Å². The van der Waals surface area contributed by atoms with Gasteiger partial charge in [-0.25, -0.2) is 0 Å². The highest BCUT2D eigenvalue weighted by molar-refractivity contribution is 6.47. The fraction of sp³-hybridized carbons (Fsp3) is 0.423. The van der Waals surface area contributed by atoms with Crippen molar-refractivity contribution in [2.24, 2.45) is 4.99 Å². The van der Waals surface area contributed by atoms with Gasteiger partial charge in [0.15, 0.2) is 0 Å². The molecule has 1 aliphatic carbocycles. The Bertz CT molecular complexity index is 1020. The van der Waals surface area contributed by atoms with Gasteiger partial charge in [0.05, 0.1) is 7.11 Å². The van der Waals surface area contributed by atoms with Gasteiger partial charge in [-0.15, -0.1) is 0 Å². The minimum Gasteiger partial charge on any atom is -0.497 e. The summed E-state index contributed by atoms with van der Waals surface area (Å²) in [6, 6.07) is 15.2. The molecule has 1 fully saturated rings. The number of nitrogens with zero attached hydrogens (tertiary/aromatic N) is 2. The maximum atomic E-state index is 13.4. The number of anilines is 1. The van der Waals surface area contributed by atoms with Crippen LogP contribution in [-0.4, -0.2) is 41.7 Å². The third kappa shape index (κ3) is 4.40. The molecule has 32 heavy (non-hydrogen) atoms. The zero-order valence-corrected chi connectivity index (χ0v) is 19.1. The van der Waals surface area contributed by atoms with E-state index >= 15 is 0 Å². The Labute approximate surface area is 189 Å². The Hall–Kier alpha value is -3.15. The average molecular weight is 434 g/mol. The summed E-state index contributed by atoms with van der Waals surface area (Å²) in [5.41, 5.74) is 2.48. The molecule has 0 unspecified atom stereocenters. The number of hydrogen-bond acceptors (Lipinski definition) is 4. The van der Waals surface area contributed by atoms with Gasteiger partial charge < -0.3 is 15.0 Å². The lowest BCUT2D eigenvalue weighted by molar-refractivity contribution is -0.134. The van der Waals surface area contributed by atoms with Crippen LogP contribution < -0.4 is 10.1 Å². The van der Waals surface area contributed by atoms with Crippen molar-refractivity contribution in [1.29, 1.82) is 0 Å². The number of amides is 2. The molecule has 2 amide bonds. The minimum absolute atomic E-state index is 0.00606. The lowest BCUT2D eigenvalue weighted by atomic mass is 9.88. The van der Waals surface area contributed by atoms with Gasteiger partial charge in [-0.05, 0) is 73.6 Å². The molecular formula is C26H31N3O3. The second kappa shape index (κ2) is 9.15. The molecule has 168 valence electrons. The van der Waals surface area contributed by atoms with Crippen LogP contribution in [0.4, 0.5) is 5.69 Å². The van der Waals surface area contributed by atoms with E-state index in [4.69, 9.17) is 9.73 Å². The van der Waals surface area contributed by atoms with Crippen molar-refractivity contribution in [1.82, 2.24) is 4.90 Å². The van der Waals surface area contributed by atoms with Crippen LogP contribution in [0, 0.1) is 0 Å². The number of rotatable bonds is 6. The van der Waals surface area contributed by atoms with E-state index in [2.05, 4.69) is 25.2 Å². The Morgan fingerprint density at radius 2 is 1.84 bits per heavy atom. The first kappa shape index (κ1) is 22.1. The van der Waals surface area contributed by atoms with Crippen molar-refractivity contribution in [2.45, 2.75) is 57.5 Å². The number of nitrogens with one attached hydrogen (secondary N) is 1. The first-order chi connectivity index (χ1) is 15.4. The molecule has 0 bridgehead atoms. The molecule has 1 spiro atoms. The zero-order valence-electron chi connectivity index (χ0n) is 19.1. The van der Waals surface area contributed by atoms with Gasteiger partial charge in [-0.3, -0.25) is 14.6 Å². The summed E-state index contributed by atoms with van der Waals surface area (Å²) in [5.74, 6) is 0.726. The molecule has 0 radical (unpaired) electrons. The van der Waals surface area contributed by atoms with E-state index < -0.39 is 5.66 Å². The summed E-state index contributed by atoms with van der Waals surface area (Å²) < 4.78 is 5.23. The third-order valence-electron chi connectivity index (χ3n) is 6.43. The monoisotopic (exact) mass is 433 g/mol. The van der Waals surface area contributed by atoms with E-state index in [1.54, 1.807) is 12.0 Å². The lowest BCUT2D eigenvalue weighted by Crippen LogP contribution is -2.51. The highest BCUT2D eigenvalue weighted by Crippen LogP contribution is 2.39. The Balaban J connectivity index is 1.56. The van der Waals surface area contributed by atoms with Crippen molar-refractivity contribution in [3.63, 3.8) is 0 Å². The highest BCUT2D eigenvalue weighted by Gasteiger charge is 2.48. The molecule has 1 aliphatic heterocycles. The largest absolute Gasteiger partial charge is 0.497 e. The first-order valence-corrected chi connectivity index (χ1v) is 11.4. The quantitative estimate of drug-likeness (QED) is 0.715. The van der Waals surface area contributed by atoms with E-state index in [9.17, 15) is 9.59 Å². The summed E-state index contributed by atoms with van der Waals surface area (Å²) >= 11 is 0. The van der Waals surface area contributed by atoms with Crippen LogP contribution in [0.1, 0.15) is 63.0 Å². The summed E-state index contributed by atoms with van der Waals surface area (Å²) in [4.78, 5) is 33.0. The van der Waals surface area contributed by atoms with Crippen molar-refractivity contribution in [2.75, 3.05) is 19.0 Å². The van der Waals surface area contributed by atoms with Crippen molar-refractivity contribution >= 4 is 23.2 Å². The Morgan fingerprint density at radius 3 is 2.50 bits per heavy atom. The molecule has 0 aromatic heterocycles. The summed E-state index contributed by atoms with van der Waals surface area (Å²) in [6.45, 7) is 4.23. The van der Waals surface area contributed by atoms with E-state index in [0.717, 1.165) is 54.7 Å². The predicted octanol–water partition coefficient (Wildman–Crippen LogP) is 4.75. The molecule has 2 aromatic carbocycles. The van der Waals surface area contributed by atoms with E-state index in [1.807, 2.05) is 42.5 Å². The Morgan fingerprint density at radius 1 is 1.12 bits per heavy atom. The van der Waals surface area contributed by atoms with Crippen LogP contribution in [0.5, 0.6) is 5.75 Å². The summed E-state index contributed by atoms with van der Waals surface area (Å²) in [5, 5.41) is 2.98. The number of ether oxygens (including phenoxy) is 1. The molecule has 1 heterocycles. The van der Waals surface area contributed by atoms with Crippen LogP contribution in [0.2, 0.25) is 0 Å². The standard InChI is InChI=1S/C26H31N3O3/c1-18(2)20-8-7-9-21(16-20)27-23(30)17-29-25(31)24(19-10-12-22(32-3)13-11-19)28-26(29)14-5-4-6-15-26/h7-13,16,18H,4-6,14-15,17H2,1-3H3,(H,27,30). The summed E-state index contributed by atoms with van der Waals surface area (Å²) in [6.07, 6.45) is 4.71.